The summed E-state index contributed by atoms with van der Waals surface area (Å²) in [7, 11) is 0. The summed E-state index contributed by atoms with van der Waals surface area (Å²) in [5.41, 5.74) is 7.68. The maximum atomic E-state index is 10.1. The molecule has 2 aromatic rings. The summed E-state index contributed by atoms with van der Waals surface area (Å²) in [5, 5.41) is 10.1. The molecule has 0 aliphatic carbocycles. The third-order valence-electron chi connectivity index (χ3n) is 2.99. The van der Waals surface area contributed by atoms with Gasteiger partial charge in [0.1, 0.15) is 18.5 Å². The highest BCUT2D eigenvalue weighted by molar-refractivity contribution is 5.35. The Labute approximate surface area is 113 Å². The Morgan fingerprint density at radius 2 is 1.68 bits per heavy atom. The van der Waals surface area contributed by atoms with Crippen molar-refractivity contribution in [2.45, 2.75) is 19.1 Å². The van der Waals surface area contributed by atoms with E-state index in [2.05, 4.69) is 0 Å². The summed E-state index contributed by atoms with van der Waals surface area (Å²) in [6, 6.07) is 17.0. The van der Waals surface area contributed by atoms with Crippen LogP contribution in [0.3, 0.4) is 0 Å². The lowest BCUT2D eigenvalue weighted by molar-refractivity contribution is 0.107. The molecule has 0 saturated carbocycles. The van der Waals surface area contributed by atoms with Crippen molar-refractivity contribution in [3.63, 3.8) is 0 Å². The molecule has 3 N–H and O–H groups in total. The van der Waals surface area contributed by atoms with Crippen molar-refractivity contribution in [3.8, 4) is 5.75 Å². The molecule has 2 atom stereocenters. The van der Waals surface area contributed by atoms with E-state index >= 15 is 0 Å². The first-order chi connectivity index (χ1) is 9.18. The predicted octanol–water partition coefficient (Wildman–Crippen LogP) is 2.82. The topological polar surface area (TPSA) is 55.5 Å². The van der Waals surface area contributed by atoms with Crippen LogP contribution in [0.4, 0.5) is 0 Å². The molecule has 0 heterocycles. The lowest BCUT2D eigenvalue weighted by atomic mass is 10.1. The number of benzene rings is 2. The molecule has 0 fully saturated rings. The fourth-order valence-electron chi connectivity index (χ4n) is 1.93. The Bertz CT molecular complexity index is 511. The first-order valence-corrected chi connectivity index (χ1v) is 6.39. The van der Waals surface area contributed by atoms with E-state index in [1.807, 2.05) is 61.5 Å². The van der Waals surface area contributed by atoms with Crippen molar-refractivity contribution in [3.05, 3.63) is 65.7 Å². The summed E-state index contributed by atoms with van der Waals surface area (Å²) in [6.45, 7) is 2.13. The number of aliphatic hydroxyl groups excluding tert-OH is 1. The molecule has 3 nitrogen and oxygen atoms in total. The van der Waals surface area contributed by atoms with Gasteiger partial charge in [0.2, 0.25) is 0 Å². The zero-order valence-corrected chi connectivity index (χ0v) is 11.0. The smallest absolute Gasteiger partial charge is 0.124 e. The fourth-order valence-corrected chi connectivity index (χ4v) is 1.93. The van der Waals surface area contributed by atoms with E-state index in [4.69, 9.17) is 10.5 Å². The molecule has 2 rings (SSSR count). The average Bonchev–Trinajstić information content (AvgIpc) is 2.46. The lowest BCUT2D eigenvalue weighted by Gasteiger charge is -2.16. The van der Waals surface area contributed by atoms with Crippen LogP contribution in [0.2, 0.25) is 0 Å². The van der Waals surface area contributed by atoms with Gasteiger partial charge in [-0.2, -0.15) is 0 Å². The van der Waals surface area contributed by atoms with Crippen LogP contribution in [0.1, 0.15) is 30.2 Å². The number of nitrogens with two attached hydrogens (primary N) is 1. The minimum Gasteiger partial charge on any atom is -0.490 e. The SMILES string of the molecule is C[C@@H](N)c1ccccc1OCC(O)c1ccccc1. The molecule has 0 aromatic heterocycles. The largest absolute Gasteiger partial charge is 0.490 e. The Morgan fingerprint density at radius 1 is 1.05 bits per heavy atom. The molecule has 0 amide bonds. The van der Waals surface area contributed by atoms with Crippen molar-refractivity contribution in [1.82, 2.24) is 0 Å². The lowest BCUT2D eigenvalue weighted by Crippen LogP contribution is -2.13. The highest BCUT2D eigenvalue weighted by Gasteiger charge is 2.11. The van der Waals surface area contributed by atoms with Gasteiger partial charge in [-0.25, -0.2) is 0 Å². The van der Waals surface area contributed by atoms with Gasteiger partial charge < -0.3 is 15.6 Å². The van der Waals surface area contributed by atoms with Gasteiger partial charge in [0.25, 0.3) is 0 Å². The summed E-state index contributed by atoms with van der Waals surface area (Å²) in [6.07, 6.45) is -0.637. The van der Waals surface area contributed by atoms with Gasteiger partial charge in [-0.3, -0.25) is 0 Å². The van der Waals surface area contributed by atoms with E-state index in [0.717, 1.165) is 16.9 Å². The zero-order chi connectivity index (χ0) is 13.7. The minimum atomic E-state index is -0.637. The Kier molecular flexibility index (Phi) is 4.55. The summed E-state index contributed by atoms with van der Waals surface area (Å²) >= 11 is 0. The molecule has 0 bridgehead atoms. The normalized spacial score (nSPS) is 13.8. The van der Waals surface area contributed by atoms with Gasteiger partial charge in [0.15, 0.2) is 0 Å². The van der Waals surface area contributed by atoms with Gasteiger partial charge in [0, 0.05) is 11.6 Å². The maximum absolute atomic E-state index is 10.1. The van der Waals surface area contributed by atoms with Crippen LogP contribution in [0.25, 0.3) is 0 Å². The van der Waals surface area contributed by atoms with Crippen LogP contribution in [-0.2, 0) is 0 Å². The predicted molar refractivity (Wildman–Crippen MR) is 75.9 cm³/mol. The second-order valence-corrected chi connectivity index (χ2v) is 4.56. The van der Waals surface area contributed by atoms with Crippen LogP contribution in [0.15, 0.2) is 54.6 Å². The highest BCUT2D eigenvalue weighted by atomic mass is 16.5. The number of rotatable bonds is 5. The monoisotopic (exact) mass is 257 g/mol. The Morgan fingerprint density at radius 3 is 2.37 bits per heavy atom. The van der Waals surface area contributed by atoms with Crippen molar-refractivity contribution in [2.75, 3.05) is 6.61 Å². The zero-order valence-electron chi connectivity index (χ0n) is 11.0. The second-order valence-electron chi connectivity index (χ2n) is 4.56. The molecular formula is C16H19NO2. The first-order valence-electron chi connectivity index (χ1n) is 6.39. The van der Waals surface area contributed by atoms with E-state index in [9.17, 15) is 5.11 Å². The van der Waals surface area contributed by atoms with Gasteiger partial charge in [-0.15, -0.1) is 0 Å². The number of hydrogen-bond acceptors (Lipinski definition) is 3. The van der Waals surface area contributed by atoms with Crippen LogP contribution < -0.4 is 10.5 Å². The molecule has 0 aliphatic rings. The van der Waals surface area contributed by atoms with Gasteiger partial charge in [-0.1, -0.05) is 48.5 Å². The van der Waals surface area contributed by atoms with Crippen molar-refractivity contribution in [2.24, 2.45) is 5.73 Å². The minimum absolute atomic E-state index is 0.0925. The van der Waals surface area contributed by atoms with E-state index in [1.54, 1.807) is 0 Å². The number of hydrogen-bond donors (Lipinski definition) is 2. The van der Waals surface area contributed by atoms with Crippen LogP contribution in [0.5, 0.6) is 5.75 Å². The molecule has 0 radical (unpaired) electrons. The summed E-state index contributed by atoms with van der Waals surface area (Å²) in [4.78, 5) is 0. The summed E-state index contributed by atoms with van der Waals surface area (Å²) < 4.78 is 5.68. The van der Waals surface area contributed by atoms with E-state index < -0.39 is 6.10 Å². The van der Waals surface area contributed by atoms with Crippen molar-refractivity contribution >= 4 is 0 Å². The number of para-hydroxylation sites is 1. The molecule has 0 saturated heterocycles. The maximum Gasteiger partial charge on any atom is 0.124 e. The summed E-state index contributed by atoms with van der Waals surface area (Å²) in [5.74, 6) is 0.729. The van der Waals surface area contributed by atoms with Gasteiger partial charge >= 0.3 is 0 Å². The third-order valence-corrected chi connectivity index (χ3v) is 2.99. The van der Waals surface area contributed by atoms with Gasteiger partial charge in [0.05, 0.1) is 0 Å². The number of ether oxygens (including phenoxy) is 1. The molecule has 19 heavy (non-hydrogen) atoms. The molecule has 1 unspecified atom stereocenters. The van der Waals surface area contributed by atoms with Crippen LogP contribution in [-0.4, -0.2) is 11.7 Å². The van der Waals surface area contributed by atoms with Crippen LogP contribution in [0, 0.1) is 0 Å². The van der Waals surface area contributed by atoms with Crippen molar-refractivity contribution in [1.29, 1.82) is 0 Å². The quantitative estimate of drug-likeness (QED) is 0.866. The van der Waals surface area contributed by atoms with Crippen molar-refractivity contribution < 1.29 is 9.84 Å². The third kappa shape index (κ3) is 3.56. The molecule has 3 heteroatoms. The van der Waals surface area contributed by atoms with Gasteiger partial charge in [-0.05, 0) is 18.6 Å². The van der Waals surface area contributed by atoms with E-state index in [-0.39, 0.29) is 12.6 Å². The standard InChI is InChI=1S/C16H19NO2/c1-12(17)14-9-5-6-10-16(14)19-11-15(18)13-7-3-2-4-8-13/h2-10,12,15,18H,11,17H2,1H3/t12-,15?/m1/s1. The molecule has 100 valence electrons. The first kappa shape index (κ1) is 13.6. The Balaban J connectivity index is 2.03. The van der Waals surface area contributed by atoms with E-state index in [0.29, 0.717) is 0 Å². The average molecular weight is 257 g/mol. The number of aliphatic hydroxyl groups is 1. The second kappa shape index (κ2) is 6.36. The molecule has 0 aliphatic heterocycles. The molecular weight excluding hydrogens is 238 g/mol. The highest BCUT2D eigenvalue weighted by Crippen LogP contribution is 2.24. The molecule has 0 spiro atoms. The molecule has 2 aromatic carbocycles. The Hall–Kier alpha value is -1.84. The fraction of sp³-hybridized carbons (Fsp3) is 0.250. The van der Waals surface area contributed by atoms with Crippen LogP contribution >= 0.6 is 0 Å². The van der Waals surface area contributed by atoms with E-state index in [1.165, 1.54) is 0 Å².